The van der Waals surface area contributed by atoms with Gasteiger partial charge in [-0.1, -0.05) is 35.3 Å². The Morgan fingerprint density at radius 2 is 1.96 bits per heavy atom. The summed E-state index contributed by atoms with van der Waals surface area (Å²) in [5.41, 5.74) is 4.93. The van der Waals surface area contributed by atoms with Gasteiger partial charge in [-0.05, 0) is 35.9 Å². The highest BCUT2D eigenvalue weighted by Crippen LogP contribution is 2.21. The van der Waals surface area contributed by atoms with Crippen molar-refractivity contribution in [3.05, 3.63) is 63.6 Å². The summed E-state index contributed by atoms with van der Waals surface area (Å²) in [6.07, 6.45) is -0.458. The minimum atomic E-state index is -0.577. The van der Waals surface area contributed by atoms with Gasteiger partial charge in [-0.15, -0.1) is 0 Å². The number of ether oxygens (including phenoxy) is 1. The Labute approximate surface area is 153 Å². The highest BCUT2D eigenvalue weighted by molar-refractivity contribution is 6.33. The van der Waals surface area contributed by atoms with Crippen molar-refractivity contribution in [3.8, 4) is 0 Å². The van der Waals surface area contributed by atoms with Crippen LogP contribution in [0, 0.1) is 0 Å². The van der Waals surface area contributed by atoms with Gasteiger partial charge in [-0.2, -0.15) is 5.10 Å². The van der Waals surface area contributed by atoms with E-state index in [1.807, 2.05) is 0 Å². The van der Waals surface area contributed by atoms with Crippen LogP contribution in [0.5, 0.6) is 0 Å². The highest BCUT2D eigenvalue weighted by Gasteiger charge is 2.14. The topological polar surface area (TPSA) is 79.8 Å². The van der Waals surface area contributed by atoms with Crippen molar-refractivity contribution in [1.29, 1.82) is 0 Å². The molecular weight excluding hydrogens is 365 g/mol. The molecule has 0 fully saturated rings. The van der Waals surface area contributed by atoms with Crippen molar-refractivity contribution in [2.75, 3.05) is 11.9 Å². The second-order valence-electron chi connectivity index (χ2n) is 5.28. The van der Waals surface area contributed by atoms with Crippen LogP contribution in [0.3, 0.4) is 0 Å². The molecule has 2 aromatic rings. The van der Waals surface area contributed by atoms with Crippen LogP contribution in [0.25, 0.3) is 0 Å². The van der Waals surface area contributed by atoms with Gasteiger partial charge in [0.2, 0.25) is 5.91 Å². The number of carbonyl (C=O) groups excluding carboxylic acids is 2. The van der Waals surface area contributed by atoms with E-state index >= 15 is 0 Å². The van der Waals surface area contributed by atoms with Crippen molar-refractivity contribution in [1.82, 2.24) is 5.43 Å². The van der Waals surface area contributed by atoms with Crippen molar-refractivity contribution in [2.24, 2.45) is 5.10 Å². The molecule has 3 rings (SSSR count). The molecule has 2 N–H and O–H groups in total. The van der Waals surface area contributed by atoms with Crippen LogP contribution >= 0.6 is 23.2 Å². The number of nitrogens with one attached hydrogen (secondary N) is 2. The summed E-state index contributed by atoms with van der Waals surface area (Å²) in [6.45, 7) is 0.102. The molecule has 2 amide bonds. The first-order valence-corrected chi connectivity index (χ1v) is 8.10. The lowest BCUT2D eigenvalue weighted by Crippen LogP contribution is -2.30. The van der Waals surface area contributed by atoms with Crippen LogP contribution in [-0.2, 0) is 16.0 Å². The number of cyclic esters (lactones) is 1. The van der Waals surface area contributed by atoms with Gasteiger partial charge in [0.15, 0.2) is 0 Å². The van der Waals surface area contributed by atoms with Gasteiger partial charge in [0, 0.05) is 21.3 Å². The molecular formula is C17H13Cl2N3O3. The lowest BCUT2D eigenvalue weighted by Gasteiger charge is -2.13. The molecule has 0 atom stereocenters. The Morgan fingerprint density at radius 1 is 1.20 bits per heavy atom. The summed E-state index contributed by atoms with van der Waals surface area (Å²) < 4.78 is 4.85. The van der Waals surface area contributed by atoms with E-state index in [0.29, 0.717) is 27.0 Å². The molecule has 0 saturated carbocycles. The summed E-state index contributed by atoms with van der Waals surface area (Å²) in [5, 5.41) is 7.74. The molecule has 2 aromatic carbocycles. The van der Waals surface area contributed by atoms with E-state index in [0.717, 1.165) is 5.56 Å². The molecule has 1 aliphatic rings. The first-order chi connectivity index (χ1) is 12.0. The van der Waals surface area contributed by atoms with Crippen LogP contribution < -0.4 is 10.7 Å². The van der Waals surface area contributed by atoms with Gasteiger partial charge in [-0.3, -0.25) is 4.79 Å². The minimum absolute atomic E-state index is 0.102. The van der Waals surface area contributed by atoms with E-state index < -0.39 is 6.09 Å². The first kappa shape index (κ1) is 17.3. The van der Waals surface area contributed by atoms with Crippen molar-refractivity contribution in [2.45, 2.75) is 6.42 Å². The third-order valence-corrected chi connectivity index (χ3v) is 4.09. The van der Waals surface area contributed by atoms with E-state index in [1.54, 1.807) is 42.5 Å². The number of benzene rings is 2. The average molecular weight is 378 g/mol. The van der Waals surface area contributed by atoms with Crippen LogP contribution in [0.4, 0.5) is 10.5 Å². The predicted molar refractivity (Wildman–Crippen MR) is 96.3 cm³/mol. The van der Waals surface area contributed by atoms with Crippen molar-refractivity contribution in [3.63, 3.8) is 0 Å². The molecule has 0 saturated heterocycles. The first-order valence-electron chi connectivity index (χ1n) is 7.35. The summed E-state index contributed by atoms with van der Waals surface area (Å²) in [6, 6.07) is 12.0. The fraction of sp³-hybridized carbons (Fsp3) is 0.118. The number of halogens is 2. The van der Waals surface area contributed by atoms with Gasteiger partial charge in [0.1, 0.15) is 12.3 Å². The second kappa shape index (κ2) is 7.55. The number of amides is 2. The molecule has 0 unspecified atom stereocenters. The number of hydrogen-bond donors (Lipinski definition) is 2. The zero-order chi connectivity index (χ0) is 17.8. The number of nitrogens with zero attached hydrogens (tertiary/aromatic N) is 1. The second-order valence-corrected chi connectivity index (χ2v) is 6.13. The zero-order valence-electron chi connectivity index (χ0n) is 12.9. The maximum absolute atomic E-state index is 12.2. The summed E-state index contributed by atoms with van der Waals surface area (Å²) >= 11 is 12.0. The number of anilines is 1. The third-order valence-electron chi connectivity index (χ3n) is 3.48. The molecule has 128 valence electrons. The molecule has 0 bridgehead atoms. The average Bonchev–Trinajstić information content (AvgIpc) is 2.59. The van der Waals surface area contributed by atoms with E-state index in [1.165, 1.54) is 0 Å². The molecule has 0 spiro atoms. The summed E-state index contributed by atoms with van der Waals surface area (Å²) in [4.78, 5) is 23.1. The number of rotatable bonds is 4. The van der Waals surface area contributed by atoms with Crippen LogP contribution in [0.15, 0.2) is 47.6 Å². The summed E-state index contributed by atoms with van der Waals surface area (Å²) in [7, 11) is 0. The SMILES string of the molecule is O=C(Cc1cc(Cl)ccc1Cl)Nc1ccc(C2=NNC(=O)OC2)cc1. The molecule has 1 aliphatic heterocycles. The number of carbonyl (C=O) groups is 2. The fourth-order valence-corrected chi connectivity index (χ4v) is 2.64. The molecule has 8 heteroatoms. The fourth-order valence-electron chi connectivity index (χ4n) is 2.26. The number of hydrogen-bond acceptors (Lipinski definition) is 4. The van der Waals surface area contributed by atoms with Crippen LogP contribution in [0.2, 0.25) is 10.0 Å². The molecule has 0 aliphatic carbocycles. The molecule has 1 heterocycles. The smallest absolute Gasteiger partial charge is 0.428 e. The van der Waals surface area contributed by atoms with E-state index in [-0.39, 0.29) is 18.9 Å². The standard InChI is InChI=1S/C17H13Cl2N3O3/c18-12-3-6-14(19)11(7-12)8-16(23)20-13-4-1-10(2-5-13)15-9-25-17(24)22-21-15/h1-7H,8-9H2,(H,20,23)(H,22,24). The van der Waals surface area contributed by atoms with Crippen LogP contribution in [-0.4, -0.2) is 24.3 Å². The van der Waals surface area contributed by atoms with Crippen LogP contribution in [0.1, 0.15) is 11.1 Å². The molecule has 25 heavy (non-hydrogen) atoms. The summed E-state index contributed by atoms with van der Waals surface area (Å²) in [5.74, 6) is -0.206. The van der Waals surface area contributed by atoms with Gasteiger partial charge < -0.3 is 10.1 Å². The minimum Gasteiger partial charge on any atom is -0.442 e. The molecule has 0 aromatic heterocycles. The Bertz CT molecular complexity index is 851. The maximum atomic E-state index is 12.2. The quantitative estimate of drug-likeness (QED) is 0.853. The predicted octanol–water partition coefficient (Wildman–Crippen LogP) is 3.62. The van der Waals surface area contributed by atoms with Gasteiger partial charge >= 0.3 is 6.09 Å². The van der Waals surface area contributed by atoms with E-state index in [2.05, 4.69) is 15.8 Å². The Morgan fingerprint density at radius 3 is 2.64 bits per heavy atom. The van der Waals surface area contributed by atoms with Gasteiger partial charge in [0.25, 0.3) is 0 Å². The largest absolute Gasteiger partial charge is 0.442 e. The lowest BCUT2D eigenvalue weighted by atomic mass is 10.1. The normalized spacial score (nSPS) is 13.5. The van der Waals surface area contributed by atoms with E-state index in [9.17, 15) is 9.59 Å². The number of hydrazone groups is 1. The molecule has 0 radical (unpaired) electrons. The van der Waals surface area contributed by atoms with E-state index in [4.69, 9.17) is 27.9 Å². The Kier molecular flexibility index (Phi) is 5.21. The maximum Gasteiger partial charge on any atom is 0.428 e. The van der Waals surface area contributed by atoms with Gasteiger partial charge in [-0.25, -0.2) is 10.2 Å². The van der Waals surface area contributed by atoms with Crippen molar-refractivity contribution < 1.29 is 14.3 Å². The lowest BCUT2D eigenvalue weighted by molar-refractivity contribution is -0.115. The monoisotopic (exact) mass is 377 g/mol. The Balaban J connectivity index is 1.64. The molecule has 6 nitrogen and oxygen atoms in total. The Hall–Kier alpha value is -2.57. The highest BCUT2D eigenvalue weighted by atomic mass is 35.5. The van der Waals surface area contributed by atoms with Gasteiger partial charge in [0.05, 0.1) is 6.42 Å². The van der Waals surface area contributed by atoms with Crippen molar-refractivity contribution >= 4 is 46.6 Å². The zero-order valence-corrected chi connectivity index (χ0v) is 14.4. The third kappa shape index (κ3) is 4.49.